The zero-order chi connectivity index (χ0) is 23.0. The van der Waals surface area contributed by atoms with Gasteiger partial charge in [0.05, 0.1) is 23.0 Å². The summed E-state index contributed by atoms with van der Waals surface area (Å²) in [6.07, 6.45) is 1.44. The molecule has 2 aromatic carbocycles. The summed E-state index contributed by atoms with van der Waals surface area (Å²) in [6, 6.07) is 13.1. The largest absolute Gasteiger partial charge is 0.409 e. The maximum absolute atomic E-state index is 13.3. The summed E-state index contributed by atoms with van der Waals surface area (Å²) >= 11 is 0. The quantitative estimate of drug-likeness (QED) is 0.444. The van der Waals surface area contributed by atoms with Crippen molar-refractivity contribution >= 4 is 22.1 Å². The summed E-state index contributed by atoms with van der Waals surface area (Å²) in [5, 5.41) is 4.23. The van der Waals surface area contributed by atoms with Gasteiger partial charge < -0.3 is 10.2 Å². The average molecular weight is 437 g/mol. The molecule has 5 nitrogen and oxygen atoms in total. The van der Waals surface area contributed by atoms with E-state index >= 15 is 0 Å². The van der Waals surface area contributed by atoms with Crippen LogP contribution in [0.3, 0.4) is 0 Å². The van der Waals surface area contributed by atoms with Crippen LogP contribution in [0, 0.1) is 17.2 Å². The first kappa shape index (κ1) is 22.9. The van der Waals surface area contributed by atoms with Crippen LogP contribution in [0.2, 0.25) is 0 Å². The van der Waals surface area contributed by atoms with Gasteiger partial charge in [0, 0.05) is 5.56 Å². The molecule has 0 spiro atoms. The standard InChI is InChI=1S/C24H27FN3O2Si/c1-15(23(2,3)4)24(5,30-31)17-8-6-7-16(13-17)21(29)20-14-27-28(22(20)26)19-11-9-18(25)10-12-19/h6-15H,26H2,1-5H3. The molecule has 0 aliphatic rings. The monoisotopic (exact) mass is 436 g/mol. The Hall–Kier alpha value is -2.77. The maximum Gasteiger partial charge on any atom is 0.247 e. The second kappa shape index (κ2) is 8.40. The van der Waals surface area contributed by atoms with Crippen molar-refractivity contribution < 1.29 is 13.6 Å². The molecule has 0 aliphatic heterocycles. The Morgan fingerprint density at radius 1 is 1.16 bits per heavy atom. The Morgan fingerprint density at radius 3 is 2.39 bits per heavy atom. The third-order valence-electron chi connectivity index (χ3n) is 6.16. The number of anilines is 1. The summed E-state index contributed by atoms with van der Waals surface area (Å²) in [7, 11) is 3.27. The van der Waals surface area contributed by atoms with E-state index in [1.165, 1.54) is 23.0 Å². The fourth-order valence-corrected chi connectivity index (χ4v) is 3.96. The Balaban J connectivity index is 1.98. The zero-order valence-corrected chi connectivity index (χ0v) is 19.4. The number of carbonyl (C=O) groups is 1. The van der Waals surface area contributed by atoms with Crippen molar-refractivity contribution in [3.8, 4) is 5.69 Å². The first-order chi connectivity index (χ1) is 14.5. The summed E-state index contributed by atoms with van der Waals surface area (Å²) in [5.41, 5.74) is 7.76. The van der Waals surface area contributed by atoms with Crippen molar-refractivity contribution in [2.45, 2.75) is 40.2 Å². The third-order valence-corrected chi connectivity index (χ3v) is 6.58. The molecule has 31 heavy (non-hydrogen) atoms. The summed E-state index contributed by atoms with van der Waals surface area (Å²) in [5.74, 6) is -0.269. The van der Waals surface area contributed by atoms with Gasteiger partial charge in [-0.1, -0.05) is 45.9 Å². The van der Waals surface area contributed by atoms with Crippen LogP contribution in [-0.4, -0.2) is 26.0 Å². The molecule has 3 rings (SSSR count). The number of benzene rings is 2. The van der Waals surface area contributed by atoms with Gasteiger partial charge in [-0.25, -0.2) is 9.07 Å². The van der Waals surface area contributed by atoms with Gasteiger partial charge in [0.15, 0.2) is 5.78 Å². The van der Waals surface area contributed by atoms with E-state index in [1.807, 2.05) is 25.1 Å². The molecular formula is C24H27FN3O2Si. The summed E-state index contributed by atoms with van der Waals surface area (Å²) in [4.78, 5) is 13.3. The van der Waals surface area contributed by atoms with Gasteiger partial charge >= 0.3 is 0 Å². The van der Waals surface area contributed by atoms with Gasteiger partial charge in [0.25, 0.3) is 0 Å². The zero-order valence-electron chi connectivity index (χ0n) is 18.4. The number of hydrogen-bond acceptors (Lipinski definition) is 4. The number of rotatable bonds is 6. The van der Waals surface area contributed by atoms with Gasteiger partial charge in [-0.2, -0.15) is 5.10 Å². The lowest BCUT2D eigenvalue weighted by Gasteiger charge is -2.43. The fourth-order valence-electron chi connectivity index (χ4n) is 3.67. The molecule has 2 unspecified atom stereocenters. The molecule has 0 saturated heterocycles. The molecule has 0 amide bonds. The second-order valence-corrected chi connectivity index (χ2v) is 9.24. The van der Waals surface area contributed by atoms with Crippen LogP contribution in [0.1, 0.15) is 56.1 Å². The van der Waals surface area contributed by atoms with Gasteiger partial charge in [-0.3, -0.25) is 4.79 Å². The van der Waals surface area contributed by atoms with Gasteiger partial charge in [0.1, 0.15) is 11.6 Å². The van der Waals surface area contributed by atoms with Crippen molar-refractivity contribution in [3.05, 3.63) is 77.2 Å². The normalized spacial score (nSPS) is 14.8. The van der Waals surface area contributed by atoms with Crippen LogP contribution in [0.4, 0.5) is 10.2 Å². The Morgan fingerprint density at radius 2 is 1.81 bits per heavy atom. The van der Waals surface area contributed by atoms with E-state index < -0.39 is 5.60 Å². The third kappa shape index (κ3) is 4.33. The molecule has 0 saturated carbocycles. The molecule has 0 bridgehead atoms. The van der Waals surface area contributed by atoms with Crippen LogP contribution < -0.4 is 5.73 Å². The number of halogens is 1. The second-order valence-electron chi connectivity index (χ2n) is 9.04. The van der Waals surface area contributed by atoms with Crippen LogP contribution in [0.25, 0.3) is 5.69 Å². The van der Waals surface area contributed by atoms with Crippen LogP contribution in [0.5, 0.6) is 0 Å². The molecule has 3 radical (unpaired) electrons. The SMILES string of the molecule is CC(C(C)(C)C)C(C)(O[Si])c1cccc(C(=O)c2cnn(-c3ccc(F)cc3)c2N)c1. The van der Waals surface area contributed by atoms with Crippen LogP contribution in [0.15, 0.2) is 54.7 Å². The van der Waals surface area contributed by atoms with Gasteiger partial charge in [0.2, 0.25) is 10.5 Å². The first-order valence-electron chi connectivity index (χ1n) is 10.1. The van der Waals surface area contributed by atoms with E-state index in [4.69, 9.17) is 10.2 Å². The highest BCUT2D eigenvalue weighted by atomic mass is 28.2. The van der Waals surface area contributed by atoms with E-state index in [2.05, 4.69) is 43.3 Å². The minimum atomic E-state index is -0.657. The molecule has 161 valence electrons. The highest BCUT2D eigenvalue weighted by molar-refractivity contribution is 6.11. The predicted octanol–water partition coefficient (Wildman–Crippen LogP) is 4.82. The first-order valence-corrected chi connectivity index (χ1v) is 10.5. The number of carbonyl (C=O) groups excluding carboxylic acids is 1. The molecule has 0 fully saturated rings. The Bertz CT molecular complexity index is 1090. The number of ketones is 1. The predicted molar refractivity (Wildman–Crippen MR) is 121 cm³/mol. The molecule has 2 N–H and O–H groups in total. The Kier molecular flexibility index (Phi) is 6.20. The average Bonchev–Trinajstić information content (AvgIpc) is 3.13. The number of nitrogens with two attached hydrogens (primary N) is 1. The minimum absolute atomic E-state index is 0.0257. The van der Waals surface area contributed by atoms with Crippen LogP contribution in [-0.2, 0) is 10.0 Å². The number of nitrogen functional groups attached to an aromatic ring is 1. The minimum Gasteiger partial charge on any atom is -0.409 e. The van der Waals surface area contributed by atoms with E-state index in [1.54, 1.807) is 18.2 Å². The number of aromatic nitrogens is 2. The molecule has 2 atom stereocenters. The van der Waals surface area contributed by atoms with E-state index in [-0.39, 0.29) is 34.3 Å². The van der Waals surface area contributed by atoms with Crippen molar-refractivity contribution in [2.75, 3.05) is 5.73 Å². The maximum atomic E-state index is 13.3. The molecular weight excluding hydrogens is 409 g/mol. The van der Waals surface area contributed by atoms with Crippen molar-refractivity contribution in [1.82, 2.24) is 9.78 Å². The fraction of sp³-hybridized carbons (Fsp3) is 0.333. The van der Waals surface area contributed by atoms with Crippen molar-refractivity contribution in [1.29, 1.82) is 0 Å². The van der Waals surface area contributed by atoms with Gasteiger partial charge in [-0.15, -0.1) is 0 Å². The molecule has 1 aromatic heterocycles. The van der Waals surface area contributed by atoms with Crippen LogP contribution >= 0.6 is 0 Å². The lowest BCUT2D eigenvalue weighted by molar-refractivity contribution is -0.0148. The van der Waals surface area contributed by atoms with E-state index in [0.717, 1.165) is 5.56 Å². The lowest BCUT2D eigenvalue weighted by Crippen LogP contribution is -2.40. The van der Waals surface area contributed by atoms with Crippen molar-refractivity contribution in [2.24, 2.45) is 11.3 Å². The number of nitrogens with zero attached hydrogens (tertiary/aromatic N) is 2. The van der Waals surface area contributed by atoms with Crippen molar-refractivity contribution in [3.63, 3.8) is 0 Å². The molecule has 1 heterocycles. The molecule has 3 aromatic rings. The summed E-state index contributed by atoms with van der Waals surface area (Å²) < 4.78 is 20.4. The highest BCUT2D eigenvalue weighted by Crippen LogP contribution is 2.43. The lowest BCUT2D eigenvalue weighted by atomic mass is 9.69. The molecule has 7 heteroatoms. The van der Waals surface area contributed by atoms with E-state index in [0.29, 0.717) is 11.3 Å². The topological polar surface area (TPSA) is 70.1 Å². The summed E-state index contributed by atoms with van der Waals surface area (Å²) in [6.45, 7) is 10.6. The smallest absolute Gasteiger partial charge is 0.247 e. The highest BCUT2D eigenvalue weighted by Gasteiger charge is 2.39. The van der Waals surface area contributed by atoms with Gasteiger partial charge in [-0.05, 0) is 54.2 Å². The molecule has 0 aliphatic carbocycles. The Labute approximate surface area is 186 Å². The van der Waals surface area contributed by atoms with E-state index in [9.17, 15) is 9.18 Å². The number of hydrogen-bond donors (Lipinski definition) is 1.